The van der Waals surface area contributed by atoms with Crippen LogP contribution in [0.15, 0.2) is 15.5 Å². The number of halogens is 1. The quantitative estimate of drug-likeness (QED) is 0.826. The summed E-state index contributed by atoms with van der Waals surface area (Å²) in [7, 11) is 1.61. The highest BCUT2D eigenvalue weighted by Gasteiger charge is 2.53. The molecular weight excluding hydrogens is 322 g/mol. The number of nitrogens with zero attached hydrogens (tertiary/aromatic N) is 2. The van der Waals surface area contributed by atoms with Gasteiger partial charge < -0.3 is 10.1 Å². The molecule has 3 rings (SSSR count). The summed E-state index contributed by atoms with van der Waals surface area (Å²) in [6.07, 6.45) is 7.12. The minimum Gasteiger partial charge on any atom is -0.383 e. The van der Waals surface area contributed by atoms with E-state index in [1.165, 1.54) is 30.4 Å². The van der Waals surface area contributed by atoms with Gasteiger partial charge in [0.15, 0.2) is 0 Å². The number of anilines is 1. The largest absolute Gasteiger partial charge is 0.383 e. The van der Waals surface area contributed by atoms with Gasteiger partial charge in [-0.25, -0.2) is 4.68 Å². The van der Waals surface area contributed by atoms with E-state index in [0.29, 0.717) is 23.0 Å². The molecule has 110 valence electrons. The topological polar surface area (TPSA) is 56.1 Å². The molecule has 0 amide bonds. The Morgan fingerprint density at radius 2 is 2.30 bits per heavy atom. The minimum absolute atomic E-state index is 0.108. The normalized spacial score (nSPS) is 19.9. The van der Waals surface area contributed by atoms with Gasteiger partial charge in [-0.2, -0.15) is 5.10 Å². The van der Waals surface area contributed by atoms with Gasteiger partial charge in [-0.3, -0.25) is 4.79 Å². The van der Waals surface area contributed by atoms with Crippen molar-refractivity contribution in [1.82, 2.24) is 9.78 Å². The Morgan fingerprint density at radius 3 is 2.90 bits per heavy atom. The second-order valence-electron chi connectivity index (χ2n) is 5.88. The van der Waals surface area contributed by atoms with Crippen LogP contribution in [0.1, 0.15) is 25.7 Å². The molecule has 0 aromatic carbocycles. The van der Waals surface area contributed by atoms with Crippen molar-refractivity contribution < 1.29 is 4.74 Å². The molecule has 0 unspecified atom stereocenters. The summed E-state index contributed by atoms with van der Waals surface area (Å²) in [5.74, 6) is 0.906. The molecule has 1 N–H and O–H groups in total. The Morgan fingerprint density at radius 1 is 1.55 bits per heavy atom. The Balaban J connectivity index is 1.67. The molecule has 2 saturated carbocycles. The van der Waals surface area contributed by atoms with Gasteiger partial charge >= 0.3 is 0 Å². The van der Waals surface area contributed by atoms with Gasteiger partial charge in [0.25, 0.3) is 5.56 Å². The van der Waals surface area contributed by atoms with Crippen LogP contribution in [0, 0.1) is 11.3 Å². The number of nitrogens with one attached hydrogen (secondary N) is 1. The third-order valence-corrected chi connectivity index (χ3v) is 5.22. The lowest BCUT2D eigenvalue weighted by Crippen LogP contribution is -2.27. The predicted molar refractivity (Wildman–Crippen MR) is 81.0 cm³/mol. The van der Waals surface area contributed by atoms with Crippen LogP contribution in [0.3, 0.4) is 0 Å². The average Bonchev–Trinajstić information content (AvgIpc) is 3.31. The Bertz CT molecular complexity index is 550. The fourth-order valence-corrected chi connectivity index (χ4v) is 3.23. The number of aromatic nitrogens is 2. The van der Waals surface area contributed by atoms with Crippen LogP contribution in [0.2, 0.25) is 0 Å². The van der Waals surface area contributed by atoms with E-state index in [4.69, 9.17) is 4.74 Å². The summed E-state index contributed by atoms with van der Waals surface area (Å²) in [6, 6.07) is 0. The first-order valence-electron chi connectivity index (χ1n) is 7.15. The van der Waals surface area contributed by atoms with Gasteiger partial charge in [0, 0.05) is 13.7 Å². The van der Waals surface area contributed by atoms with Crippen LogP contribution >= 0.6 is 15.9 Å². The maximum absolute atomic E-state index is 12.1. The van der Waals surface area contributed by atoms with E-state index >= 15 is 0 Å². The van der Waals surface area contributed by atoms with Gasteiger partial charge in [0.1, 0.15) is 4.47 Å². The molecule has 1 aromatic rings. The van der Waals surface area contributed by atoms with Crippen molar-refractivity contribution in [2.75, 3.05) is 25.6 Å². The van der Waals surface area contributed by atoms with E-state index in [9.17, 15) is 4.79 Å². The highest BCUT2D eigenvalue weighted by molar-refractivity contribution is 9.10. The molecule has 20 heavy (non-hydrogen) atoms. The monoisotopic (exact) mass is 341 g/mol. The van der Waals surface area contributed by atoms with Gasteiger partial charge in [-0.05, 0) is 52.9 Å². The van der Waals surface area contributed by atoms with Crippen LogP contribution in [0.5, 0.6) is 0 Å². The molecular formula is C14H20BrN3O2. The summed E-state index contributed by atoms with van der Waals surface area (Å²) in [5, 5.41) is 7.60. The van der Waals surface area contributed by atoms with E-state index in [2.05, 4.69) is 26.3 Å². The van der Waals surface area contributed by atoms with Crippen LogP contribution < -0.4 is 10.9 Å². The first-order valence-corrected chi connectivity index (χ1v) is 7.94. The molecule has 0 atom stereocenters. The zero-order chi connectivity index (χ0) is 14.2. The van der Waals surface area contributed by atoms with Crippen LogP contribution in [0.25, 0.3) is 0 Å². The summed E-state index contributed by atoms with van der Waals surface area (Å²) in [6.45, 7) is 1.91. The van der Waals surface area contributed by atoms with Crippen molar-refractivity contribution in [2.24, 2.45) is 11.3 Å². The summed E-state index contributed by atoms with van der Waals surface area (Å²) in [5.41, 5.74) is 1.20. The number of rotatable bonds is 7. The van der Waals surface area contributed by atoms with Crippen LogP contribution in [-0.2, 0) is 11.3 Å². The first kappa shape index (κ1) is 14.1. The lowest BCUT2D eigenvalue weighted by Gasteiger charge is -2.17. The van der Waals surface area contributed by atoms with E-state index in [-0.39, 0.29) is 5.56 Å². The van der Waals surface area contributed by atoms with Gasteiger partial charge in [-0.15, -0.1) is 0 Å². The zero-order valence-electron chi connectivity index (χ0n) is 11.7. The smallest absolute Gasteiger partial charge is 0.283 e. The van der Waals surface area contributed by atoms with Crippen molar-refractivity contribution in [3.05, 3.63) is 21.0 Å². The number of hydrogen-bond acceptors (Lipinski definition) is 4. The molecule has 2 fully saturated rings. The third-order valence-electron chi connectivity index (χ3n) is 4.46. The molecule has 2 aliphatic rings. The van der Waals surface area contributed by atoms with Crippen molar-refractivity contribution in [1.29, 1.82) is 0 Å². The molecule has 0 saturated heterocycles. The van der Waals surface area contributed by atoms with E-state index in [1.807, 2.05) is 0 Å². The second-order valence-corrected chi connectivity index (χ2v) is 6.68. The van der Waals surface area contributed by atoms with Crippen LogP contribution in [0.4, 0.5) is 5.69 Å². The standard InChI is InChI=1S/C14H20BrN3O2/c1-20-7-6-18-13(19)12(15)11(8-17-18)16-9-14(4-5-14)10-2-3-10/h8,10,16H,2-7,9H2,1H3. The molecule has 6 heteroatoms. The molecule has 0 spiro atoms. The fourth-order valence-electron chi connectivity index (χ4n) is 2.78. The van der Waals surface area contributed by atoms with E-state index in [0.717, 1.165) is 18.2 Å². The van der Waals surface area contributed by atoms with Crippen molar-refractivity contribution >= 4 is 21.6 Å². The van der Waals surface area contributed by atoms with E-state index < -0.39 is 0 Å². The number of methoxy groups -OCH3 is 1. The minimum atomic E-state index is -0.108. The predicted octanol–water partition coefficient (Wildman–Crippen LogP) is 2.25. The second kappa shape index (κ2) is 5.48. The lowest BCUT2D eigenvalue weighted by molar-refractivity contribution is 0.181. The summed E-state index contributed by atoms with van der Waals surface area (Å²) >= 11 is 3.39. The summed E-state index contributed by atoms with van der Waals surface area (Å²) in [4.78, 5) is 12.1. The number of ether oxygens (including phenoxy) is 1. The molecule has 0 bridgehead atoms. The average molecular weight is 342 g/mol. The first-order chi connectivity index (χ1) is 9.66. The van der Waals surface area contributed by atoms with Crippen LogP contribution in [-0.4, -0.2) is 30.0 Å². The van der Waals surface area contributed by atoms with Crippen molar-refractivity contribution in [3.8, 4) is 0 Å². The fraction of sp³-hybridized carbons (Fsp3) is 0.714. The van der Waals surface area contributed by atoms with Gasteiger partial charge in [0.05, 0.1) is 25.0 Å². The molecule has 5 nitrogen and oxygen atoms in total. The third kappa shape index (κ3) is 2.76. The molecule has 0 radical (unpaired) electrons. The number of hydrogen-bond donors (Lipinski definition) is 1. The molecule has 1 heterocycles. The van der Waals surface area contributed by atoms with Gasteiger partial charge in [-0.1, -0.05) is 0 Å². The Kier molecular flexibility index (Phi) is 3.86. The maximum Gasteiger partial charge on any atom is 0.283 e. The van der Waals surface area contributed by atoms with E-state index in [1.54, 1.807) is 13.3 Å². The Hall–Kier alpha value is -0.880. The van der Waals surface area contributed by atoms with Crippen molar-refractivity contribution in [2.45, 2.75) is 32.2 Å². The lowest BCUT2D eigenvalue weighted by atomic mass is 10.0. The SMILES string of the molecule is COCCn1ncc(NCC2(C3CC3)CC2)c(Br)c1=O. The molecule has 1 aromatic heterocycles. The molecule has 0 aliphatic heterocycles. The maximum atomic E-state index is 12.1. The molecule has 2 aliphatic carbocycles. The summed E-state index contributed by atoms with van der Waals surface area (Å²) < 4.78 is 6.96. The highest BCUT2D eigenvalue weighted by Crippen LogP contribution is 2.61. The Labute approximate surface area is 126 Å². The van der Waals surface area contributed by atoms with Gasteiger partial charge in [0.2, 0.25) is 0 Å². The highest BCUT2D eigenvalue weighted by atomic mass is 79.9. The zero-order valence-corrected chi connectivity index (χ0v) is 13.3. The van der Waals surface area contributed by atoms with Crippen molar-refractivity contribution in [3.63, 3.8) is 0 Å².